The molecule has 3 rings (SSSR count). The standard InChI is InChI=1S/C17H18N2O3S/c1-18-16(21)15-12-6-2-3-7-13(12)23-17(15)19-14(20)9-8-11-5-4-10-22-11/h4-5,8-10H,2-3,6-7H2,1H3,(H,18,21)(H,19,20)/b9-8+. The third-order valence-electron chi connectivity index (χ3n) is 3.80. The van der Waals surface area contributed by atoms with E-state index in [4.69, 9.17) is 4.42 Å². The minimum atomic E-state index is -0.273. The molecule has 0 bridgehead atoms. The summed E-state index contributed by atoms with van der Waals surface area (Å²) in [5, 5.41) is 6.13. The van der Waals surface area contributed by atoms with Crippen molar-refractivity contribution in [2.24, 2.45) is 0 Å². The second-order valence-corrected chi connectivity index (χ2v) is 6.44. The van der Waals surface area contributed by atoms with Crippen LogP contribution in [0, 0.1) is 0 Å². The Balaban J connectivity index is 1.83. The number of carbonyl (C=O) groups excluding carboxylic acids is 2. The first-order chi connectivity index (χ1) is 11.2. The summed E-state index contributed by atoms with van der Waals surface area (Å²) in [5.74, 6) is 0.192. The highest BCUT2D eigenvalue weighted by atomic mass is 32.1. The summed E-state index contributed by atoms with van der Waals surface area (Å²) >= 11 is 1.51. The molecule has 0 radical (unpaired) electrons. The summed E-state index contributed by atoms with van der Waals surface area (Å²) in [6.07, 6.45) is 8.64. The summed E-state index contributed by atoms with van der Waals surface area (Å²) in [5.41, 5.74) is 1.71. The highest BCUT2D eigenvalue weighted by molar-refractivity contribution is 7.17. The van der Waals surface area contributed by atoms with Crippen molar-refractivity contribution in [3.8, 4) is 0 Å². The van der Waals surface area contributed by atoms with Crippen LogP contribution in [0.1, 0.15) is 39.4 Å². The van der Waals surface area contributed by atoms with Crippen LogP contribution in [0.4, 0.5) is 5.00 Å². The van der Waals surface area contributed by atoms with Gasteiger partial charge in [-0.1, -0.05) is 0 Å². The quantitative estimate of drug-likeness (QED) is 0.846. The van der Waals surface area contributed by atoms with E-state index in [0.29, 0.717) is 16.3 Å². The van der Waals surface area contributed by atoms with Gasteiger partial charge in [-0.25, -0.2) is 0 Å². The lowest BCUT2D eigenvalue weighted by molar-refractivity contribution is -0.111. The number of hydrogen-bond acceptors (Lipinski definition) is 4. The van der Waals surface area contributed by atoms with Crippen LogP contribution in [0.5, 0.6) is 0 Å². The van der Waals surface area contributed by atoms with Gasteiger partial charge in [-0.2, -0.15) is 0 Å². The van der Waals surface area contributed by atoms with Gasteiger partial charge < -0.3 is 15.1 Å². The molecule has 1 aliphatic carbocycles. The largest absolute Gasteiger partial charge is 0.465 e. The zero-order chi connectivity index (χ0) is 16.2. The maximum Gasteiger partial charge on any atom is 0.254 e. The molecule has 23 heavy (non-hydrogen) atoms. The van der Waals surface area contributed by atoms with Gasteiger partial charge in [0, 0.05) is 18.0 Å². The Labute approximate surface area is 138 Å². The number of furan rings is 1. The van der Waals surface area contributed by atoms with Crippen LogP contribution in [0.25, 0.3) is 6.08 Å². The van der Waals surface area contributed by atoms with Crippen molar-refractivity contribution < 1.29 is 14.0 Å². The number of carbonyl (C=O) groups is 2. The Hall–Kier alpha value is -2.34. The van der Waals surface area contributed by atoms with Crippen molar-refractivity contribution in [1.29, 1.82) is 0 Å². The fourth-order valence-corrected chi connectivity index (χ4v) is 4.01. The zero-order valence-electron chi connectivity index (χ0n) is 12.8. The minimum Gasteiger partial charge on any atom is -0.465 e. The van der Waals surface area contributed by atoms with E-state index in [2.05, 4.69) is 10.6 Å². The molecule has 0 spiro atoms. The number of anilines is 1. The smallest absolute Gasteiger partial charge is 0.254 e. The van der Waals surface area contributed by atoms with Gasteiger partial charge in [0.15, 0.2) is 0 Å². The molecule has 0 unspecified atom stereocenters. The summed E-state index contributed by atoms with van der Waals surface area (Å²) < 4.78 is 5.15. The maximum absolute atomic E-state index is 12.2. The zero-order valence-corrected chi connectivity index (χ0v) is 13.7. The van der Waals surface area contributed by atoms with Crippen LogP contribution < -0.4 is 10.6 Å². The molecule has 0 aliphatic heterocycles. The summed E-state index contributed by atoms with van der Waals surface area (Å²) in [4.78, 5) is 25.5. The Morgan fingerprint density at radius 1 is 1.30 bits per heavy atom. The lowest BCUT2D eigenvalue weighted by Crippen LogP contribution is -2.21. The van der Waals surface area contributed by atoms with E-state index in [1.165, 1.54) is 22.3 Å². The Kier molecular flexibility index (Phi) is 4.62. The number of fused-ring (bicyclic) bond motifs is 1. The van der Waals surface area contributed by atoms with E-state index in [-0.39, 0.29) is 11.8 Å². The number of hydrogen-bond donors (Lipinski definition) is 2. The van der Waals surface area contributed by atoms with Crippen LogP contribution in [0.2, 0.25) is 0 Å². The maximum atomic E-state index is 12.2. The van der Waals surface area contributed by atoms with E-state index in [1.54, 1.807) is 31.5 Å². The first kappa shape index (κ1) is 15.6. The minimum absolute atomic E-state index is 0.144. The molecule has 0 aromatic carbocycles. The molecular formula is C17H18N2O3S. The van der Waals surface area contributed by atoms with Crippen molar-refractivity contribution in [3.63, 3.8) is 0 Å². The molecule has 0 atom stereocenters. The molecule has 6 heteroatoms. The molecule has 2 aromatic rings. The van der Waals surface area contributed by atoms with Gasteiger partial charge in [0.1, 0.15) is 10.8 Å². The van der Waals surface area contributed by atoms with E-state index in [0.717, 1.165) is 31.2 Å². The Morgan fingerprint density at radius 2 is 2.13 bits per heavy atom. The van der Waals surface area contributed by atoms with Crippen LogP contribution in [-0.2, 0) is 17.6 Å². The molecule has 2 aromatic heterocycles. The highest BCUT2D eigenvalue weighted by Gasteiger charge is 2.25. The van der Waals surface area contributed by atoms with Gasteiger partial charge in [0.2, 0.25) is 5.91 Å². The molecular weight excluding hydrogens is 312 g/mol. The highest BCUT2D eigenvalue weighted by Crippen LogP contribution is 2.38. The average molecular weight is 330 g/mol. The predicted octanol–water partition coefficient (Wildman–Crippen LogP) is 3.23. The van der Waals surface area contributed by atoms with Crippen molar-refractivity contribution in [2.45, 2.75) is 25.7 Å². The van der Waals surface area contributed by atoms with Crippen LogP contribution in [-0.4, -0.2) is 18.9 Å². The van der Waals surface area contributed by atoms with Gasteiger partial charge in [-0.15, -0.1) is 11.3 Å². The van der Waals surface area contributed by atoms with E-state index in [9.17, 15) is 9.59 Å². The van der Waals surface area contributed by atoms with Crippen molar-refractivity contribution in [1.82, 2.24) is 5.32 Å². The third-order valence-corrected chi connectivity index (χ3v) is 5.01. The number of aryl methyl sites for hydroxylation is 1. The summed E-state index contributed by atoms with van der Waals surface area (Å²) in [7, 11) is 1.61. The molecule has 2 amide bonds. The molecule has 0 saturated carbocycles. The molecule has 0 fully saturated rings. The average Bonchev–Trinajstić information content (AvgIpc) is 3.19. The summed E-state index contributed by atoms with van der Waals surface area (Å²) in [6.45, 7) is 0. The Morgan fingerprint density at radius 3 is 2.87 bits per heavy atom. The fraction of sp³-hybridized carbons (Fsp3) is 0.294. The molecule has 1 aliphatic rings. The first-order valence-electron chi connectivity index (χ1n) is 7.58. The predicted molar refractivity (Wildman–Crippen MR) is 90.7 cm³/mol. The van der Waals surface area contributed by atoms with Gasteiger partial charge in [-0.05, 0) is 49.5 Å². The first-order valence-corrected chi connectivity index (χ1v) is 8.40. The van der Waals surface area contributed by atoms with Gasteiger partial charge in [0.25, 0.3) is 5.91 Å². The Bertz CT molecular complexity index is 744. The molecule has 5 nitrogen and oxygen atoms in total. The lowest BCUT2D eigenvalue weighted by Gasteiger charge is -2.12. The molecule has 0 saturated heterocycles. The number of amides is 2. The molecule has 2 N–H and O–H groups in total. The number of nitrogens with one attached hydrogen (secondary N) is 2. The SMILES string of the molecule is CNC(=O)c1c(NC(=O)/C=C/c2ccco2)sc2c1CCCC2. The van der Waals surface area contributed by atoms with E-state index < -0.39 is 0 Å². The van der Waals surface area contributed by atoms with E-state index >= 15 is 0 Å². The summed E-state index contributed by atoms with van der Waals surface area (Å²) in [6, 6.07) is 3.53. The number of rotatable bonds is 4. The third kappa shape index (κ3) is 3.37. The second-order valence-electron chi connectivity index (χ2n) is 5.33. The molecule has 120 valence electrons. The number of thiophene rings is 1. The topological polar surface area (TPSA) is 71.3 Å². The van der Waals surface area contributed by atoms with Gasteiger partial charge >= 0.3 is 0 Å². The van der Waals surface area contributed by atoms with Crippen LogP contribution >= 0.6 is 11.3 Å². The van der Waals surface area contributed by atoms with Gasteiger partial charge in [-0.3, -0.25) is 9.59 Å². The van der Waals surface area contributed by atoms with Crippen molar-refractivity contribution in [2.75, 3.05) is 12.4 Å². The fourth-order valence-electron chi connectivity index (χ4n) is 2.72. The van der Waals surface area contributed by atoms with Crippen molar-refractivity contribution >= 4 is 34.2 Å². The second kappa shape index (κ2) is 6.83. The van der Waals surface area contributed by atoms with E-state index in [1.807, 2.05) is 0 Å². The normalized spacial score (nSPS) is 13.8. The lowest BCUT2D eigenvalue weighted by atomic mass is 9.95. The van der Waals surface area contributed by atoms with Crippen LogP contribution in [0.3, 0.4) is 0 Å². The van der Waals surface area contributed by atoms with Gasteiger partial charge in [0.05, 0.1) is 11.8 Å². The van der Waals surface area contributed by atoms with Crippen LogP contribution in [0.15, 0.2) is 28.9 Å². The van der Waals surface area contributed by atoms with Crippen molar-refractivity contribution in [3.05, 3.63) is 46.2 Å². The monoisotopic (exact) mass is 330 g/mol. The molecule has 2 heterocycles.